The molecule has 4 rings (SSSR count). The van der Waals surface area contributed by atoms with Gasteiger partial charge in [0.15, 0.2) is 5.78 Å². The first-order valence-corrected chi connectivity index (χ1v) is 10.4. The highest BCUT2D eigenvalue weighted by Crippen LogP contribution is 2.21. The molecule has 0 aliphatic carbocycles. The molecule has 2 aliphatic rings. The van der Waals surface area contributed by atoms with E-state index in [1.807, 2.05) is 9.80 Å². The standard InChI is InChI=1S/C23H24FN5O3/c1-15(30)16-6-8-17(9-7-16)25-22(32)19-14-21(31)27-23(26-19)29-12-10-28(11-13-29)20-5-3-2-4-18(20)24/h2-9,19H,10-14H2,1H3,(H,25,32)(H,26,27,31)/t19-/m0/s1. The summed E-state index contributed by atoms with van der Waals surface area (Å²) in [7, 11) is 0. The van der Waals surface area contributed by atoms with Gasteiger partial charge in [-0.15, -0.1) is 0 Å². The quantitative estimate of drug-likeness (QED) is 0.714. The molecule has 0 bridgehead atoms. The van der Waals surface area contributed by atoms with Crippen LogP contribution in [0.4, 0.5) is 15.8 Å². The Hall–Kier alpha value is -3.75. The first-order valence-electron chi connectivity index (χ1n) is 10.4. The molecule has 0 saturated carbocycles. The number of amides is 2. The van der Waals surface area contributed by atoms with E-state index < -0.39 is 11.9 Å². The van der Waals surface area contributed by atoms with Crippen LogP contribution in [0.3, 0.4) is 0 Å². The third kappa shape index (κ3) is 4.77. The normalized spacial score (nSPS) is 18.6. The van der Waals surface area contributed by atoms with Gasteiger partial charge >= 0.3 is 0 Å². The van der Waals surface area contributed by atoms with E-state index in [1.165, 1.54) is 13.0 Å². The molecular formula is C23H24FN5O3. The van der Waals surface area contributed by atoms with E-state index in [1.54, 1.807) is 42.5 Å². The van der Waals surface area contributed by atoms with E-state index >= 15 is 0 Å². The lowest BCUT2D eigenvalue weighted by atomic mass is 10.1. The Bertz CT molecular complexity index is 1060. The Kier molecular flexibility index (Phi) is 6.16. The number of ketones is 1. The van der Waals surface area contributed by atoms with Crippen LogP contribution in [0, 0.1) is 5.82 Å². The lowest BCUT2D eigenvalue weighted by Crippen LogP contribution is -2.56. The number of carbonyl (C=O) groups is 3. The second-order valence-electron chi connectivity index (χ2n) is 7.77. The number of halogens is 1. The number of anilines is 2. The van der Waals surface area contributed by atoms with Crippen molar-refractivity contribution < 1.29 is 18.8 Å². The van der Waals surface area contributed by atoms with Crippen LogP contribution in [0.25, 0.3) is 0 Å². The molecule has 0 spiro atoms. The number of guanidine groups is 1. The number of hydrogen-bond donors (Lipinski definition) is 2. The molecule has 9 heteroatoms. The van der Waals surface area contributed by atoms with Crippen LogP contribution in [-0.4, -0.2) is 60.7 Å². The van der Waals surface area contributed by atoms with Crippen molar-refractivity contribution in [1.29, 1.82) is 0 Å². The number of aliphatic imine (C=N–C) groups is 1. The first kappa shape index (κ1) is 21.5. The molecule has 2 aromatic rings. The summed E-state index contributed by atoms with van der Waals surface area (Å²) in [5.74, 6) is -0.633. The molecule has 2 amide bonds. The molecule has 166 valence electrons. The van der Waals surface area contributed by atoms with Crippen molar-refractivity contribution in [3.8, 4) is 0 Å². The predicted molar refractivity (Wildman–Crippen MR) is 119 cm³/mol. The van der Waals surface area contributed by atoms with Gasteiger partial charge in [-0.2, -0.15) is 0 Å². The van der Waals surface area contributed by atoms with Gasteiger partial charge in [0.05, 0.1) is 12.1 Å². The van der Waals surface area contributed by atoms with Crippen molar-refractivity contribution in [3.05, 3.63) is 59.9 Å². The van der Waals surface area contributed by atoms with Crippen molar-refractivity contribution in [1.82, 2.24) is 10.2 Å². The van der Waals surface area contributed by atoms with Gasteiger partial charge in [0, 0.05) is 37.4 Å². The number of hydrogen-bond acceptors (Lipinski definition) is 6. The van der Waals surface area contributed by atoms with E-state index in [0.717, 1.165) is 0 Å². The van der Waals surface area contributed by atoms with Crippen LogP contribution in [0.1, 0.15) is 23.7 Å². The minimum Gasteiger partial charge on any atom is -0.366 e. The zero-order valence-corrected chi connectivity index (χ0v) is 17.7. The van der Waals surface area contributed by atoms with Gasteiger partial charge in [0.1, 0.15) is 11.9 Å². The molecule has 2 aromatic carbocycles. The van der Waals surface area contributed by atoms with Crippen LogP contribution >= 0.6 is 0 Å². The molecule has 32 heavy (non-hydrogen) atoms. The average Bonchev–Trinajstić information content (AvgIpc) is 2.79. The number of nitrogens with one attached hydrogen (secondary N) is 2. The minimum absolute atomic E-state index is 0.0456. The van der Waals surface area contributed by atoms with Gasteiger partial charge in [-0.3, -0.25) is 19.7 Å². The number of benzene rings is 2. The van der Waals surface area contributed by atoms with Gasteiger partial charge in [-0.25, -0.2) is 9.38 Å². The van der Waals surface area contributed by atoms with E-state index in [2.05, 4.69) is 15.6 Å². The Morgan fingerprint density at radius 1 is 1.03 bits per heavy atom. The maximum Gasteiger partial charge on any atom is 0.249 e. The maximum absolute atomic E-state index is 14.1. The van der Waals surface area contributed by atoms with E-state index in [9.17, 15) is 18.8 Å². The molecule has 2 N–H and O–H groups in total. The average molecular weight is 437 g/mol. The summed E-state index contributed by atoms with van der Waals surface area (Å²) in [6.07, 6.45) is -0.0456. The third-order valence-electron chi connectivity index (χ3n) is 5.54. The largest absolute Gasteiger partial charge is 0.366 e. The SMILES string of the molecule is CC(=O)c1ccc(NC(=O)[C@@H]2CC(=O)NC(N3CCN(c4ccccc4F)CC3)=N2)cc1. The Labute approximate surface area is 185 Å². The molecule has 2 heterocycles. The highest BCUT2D eigenvalue weighted by Gasteiger charge is 2.31. The summed E-state index contributed by atoms with van der Waals surface area (Å²) < 4.78 is 14.1. The zero-order valence-electron chi connectivity index (χ0n) is 17.7. The van der Waals surface area contributed by atoms with E-state index in [0.29, 0.717) is 49.1 Å². The van der Waals surface area contributed by atoms with Crippen LogP contribution in [0.5, 0.6) is 0 Å². The Morgan fingerprint density at radius 3 is 2.34 bits per heavy atom. The smallest absolute Gasteiger partial charge is 0.249 e. The fourth-order valence-electron chi connectivity index (χ4n) is 3.77. The van der Waals surface area contributed by atoms with Gasteiger partial charge in [0.2, 0.25) is 17.8 Å². The van der Waals surface area contributed by atoms with Crippen LogP contribution in [-0.2, 0) is 9.59 Å². The number of piperazine rings is 1. The maximum atomic E-state index is 14.1. The number of Topliss-reactive ketones (excluding diaryl/α,β-unsaturated/α-hetero) is 1. The second-order valence-corrected chi connectivity index (χ2v) is 7.77. The van der Waals surface area contributed by atoms with Crippen molar-refractivity contribution >= 4 is 34.9 Å². The molecule has 1 saturated heterocycles. The molecule has 1 atom stereocenters. The summed E-state index contributed by atoms with van der Waals surface area (Å²) in [5.41, 5.74) is 1.63. The molecule has 0 unspecified atom stereocenters. The van der Waals surface area contributed by atoms with Gasteiger partial charge in [-0.1, -0.05) is 12.1 Å². The van der Waals surface area contributed by atoms with Gasteiger partial charge in [-0.05, 0) is 43.3 Å². The lowest BCUT2D eigenvalue weighted by molar-refractivity contribution is -0.125. The molecule has 8 nitrogen and oxygen atoms in total. The van der Waals surface area contributed by atoms with E-state index in [-0.39, 0.29) is 23.9 Å². The molecular weight excluding hydrogens is 413 g/mol. The highest BCUT2D eigenvalue weighted by atomic mass is 19.1. The van der Waals surface area contributed by atoms with Crippen molar-refractivity contribution in [2.75, 3.05) is 36.4 Å². The number of carbonyl (C=O) groups excluding carboxylic acids is 3. The summed E-state index contributed by atoms with van der Waals surface area (Å²) in [6.45, 7) is 3.67. The minimum atomic E-state index is -0.851. The predicted octanol–water partition coefficient (Wildman–Crippen LogP) is 2.03. The fourth-order valence-corrected chi connectivity index (χ4v) is 3.77. The van der Waals surface area contributed by atoms with Gasteiger partial charge in [0.25, 0.3) is 0 Å². The summed E-state index contributed by atoms with van der Waals surface area (Å²) in [5, 5.41) is 5.50. The molecule has 0 radical (unpaired) electrons. The number of para-hydroxylation sites is 1. The van der Waals surface area contributed by atoms with Crippen LogP contribution in [0.2, 0.25) is 0 Å². The summed E-state index contributed by atoms with van der Waals surface area (Å²) >= 11 is 0. The summed E-state index contributed by atoms with van der Waals surface area (Å²) in [6, 6.07) is 12.3. The molecule has 1 fully saturated rings. The third-order valence-corrected chi connectivity index (χ3v) is 5.54. The monoisotopic (exact) mass is 437 g/mol. The van der Waals surface area contributed by atoms with Crippen molar-refractivity contribution in [3.63, 3.8) is 0 Å². The van der Waals surface area contributed by atoms with E-state index in [4.69, 9.17) is 0 Å². The number of nitrogens with zero attached hydrogens (tertiary/aromatic N) is 3. The summed E-state index contributed by atoms with van der Waals surface area (Å²) in [4.78, 5) is 44.6. The topological polar surface area (TPSA) is 94.1 Å². The highest BCUT2D eigenvalue weighted by molar-refractivity contribution is 6.06. The first-order chi connectivity index (χ1) is 15.4. The fraction of sp³-hybridized carbons (Fsp3) is 0.304. The van der Waals surface area contributed by atoms with Crippen molar-refractivity contribution in [2.24, 2.45) is 4.99 Å². The Morgan fingerprint density at radius 2 is 1.69 bits per heavy atom. The lowest BCUT2D eigenvalue weighted by Gasteiger charge is -2.38. The molecule has 0 aromatic heterocycles. The molecule has 2 aliphatic heterocycles. The Balaban J connectivity index is 1.40. The number of rotatable bonds is 4. The van der Waals surface area contributed by atoms with Gasteiger partial charge < -0.3 is 15.1 Å². The second kappa shape index (κ2) is 9.17. The van der Waals surface area contributed by atoms with Crippen LogP contribution in [0.15, 0.2) is 53.5 Å². The van der Waals surface area contributed by atoms with Crippen molar-refractivity contribution in [2.45, 2.75) is 19.4 Å². The van der Waals surface area contributed by atoms with Crippen LogP contribution < -0.4 is 15.5 Å². The zero-order chi connectivity index (χ0) is 22.7.